The molecule has 2 aromatic carbocycles. The highest BCUT2D eigenvalue weighted by atomic mass is 35.5. The number of benzene rings is 2. The second-order valence-corrected chi connectivity index (χ2v) is 5.00. The molecule has 0 aromatic heterocycles. The van der Waals surface area contributed by atoms with E-state index in [0.717, 1.165) is 24.5 Å². The Morgan fingerprint density at radius 1 is 1.16 bits per heavy atom. The van der Waals surface area contributed by atoms with Crippen molar-refractivity contribution < 1.29 is 4.74 Å². The van der Waals surface area contributed by atoms with E-state index in [9.17, 15) is 0 Å². The summed E-state index contributed by atoms with van der Waals surface area (Å²) in [7, 11) is 0. The number of nitrogen functional groups attached to an aromatic ring is 1. The van der Waals surface area contributed by atoms with Crippen molar-refractivity contribution in [3.05, 3.63) is 53.1 Å². The van der Waals surface area contributed by atoms with Crippen LogP contribution in [0.15, 0.2) is 42.5 Å². The average molecular weight is 275 g/mol. The van der Waals surface area contributed by atoms with Crippen molar-refractivity contribution in [1.82, 2.24) is 0 Å². The summed E-state index contributed by atoms with van der Waals surface area (Å²) >= 11 is 6.28. The number of hydrogen-bond acceptors (Lipinski definition) is 3. The van der Waals surface area contributed by atoms with Crippen molar-refractivity contribution in [3.63, 3.8) is 0 Å². The van der Waals surface area contributed by atoms with E-state index in [-0.39, 0.29) is 0 Å². The molecule has 98 valence electrons. The van der Waals surface area contributed by atoms with E-state index in [4.69, 9.17) is 22.1 Å². The normalized spacial score (nSPS) is 14.5. The second kappa shape index (κ2) is 5.02. The van der Waals surface area contributed by atoms with Crippen LogP contribution in [0.25, 0.3) is 0 Å². The first-order valence-corrected chi connectivity index (χ1v) is 6.62. The van der Waals surface area contributed by atoms with Gasteiger partial charge >= 0.3 is 0 Å². The van der Waals surface area contributed by atoms with E-state index in [1.54, 1.807) is 6.07 Å². The third-order valence-corrected chi connectivity index (χ3v) is 3.57. The van der Waals surface area contributed by atoms with Crippen molar-refractivity contribution in [3.8, 4) is 5.75 Å². The zero-order chi connectivity index (χ0) is 13.2. The first kappa shape index (κ1) is 12.2. The largest absolute Gasteiger partial charge is 0.491 e. The van der Waals surface area contributed by atoms with Crippen molar-refractivity contribution in [2.24, 2.45) is 0 Å². The predicted molar refractivity (Wildman–Crippen MR) is 78.9 cm³/mol. The van der Waals surface area contributed by atoms with E-state index < -0.39 is 0 Å². The summed E-state index contributed by atoms with van der Waals surface area (Å²) in [5, 5.41) is 0.680. The Kier molecular flexibility index (Phi) is 3.22. The van der Waals surface area contributed by atoms with Gasteiger partial charge in [0.05, 0.1) is 17.3 Å². The van der Waals surface area contributed by atoms with Crippen LogP contribution in [0.1, 0.15) is 5.56 Å². The minimum Gasteiger partial charge on any atom is -0.491 e. The summed E-state index contributed by atoms with van der Waals surface area (Å²) in [4.78, 5) is 2.22. The van der Waals surface area contributed by atoms with Crippen LogP contribution in [-0.4, -0.2) is 13.2 Å². The summed E-state index contributed by atoms with van der Waals surface area (Å²) in [6.45, 7) is 2.25. The van der Waals surface area contributed by atoms with Crippen molar-refractivity contribution in [2.75, 3.05) is 23.8 Å². The molecular formula is C15H15ClN2O. The van der Waals surface area contributed by atoms with Crippen LogP contribution < -0.4 is 15.4 Å². The average Bonchev–Trinajstić information content (AvgIpc) is 2.60. The Balaban J connectivity index is 1.94. The highest BCUT2D eigenvalue weighted by Crippen LogP contribution is 2.31. The summed E-state index contributed by atoms with van der Waals surface area (Å²) in [5.74, 6) is 0.955. The molecule has 0 aliphatic carbocycles. The molecule has 0 radical (unpaired) electrons. The van der Waals surface area contributed by atoms with Crippen LogP contribution in [0.3, 0.4) is 0 Å². The number of anilines is 2. The van der Waals surface area contributed by atoms with Gasteiger partial charge in [-0.25, -0.2) is 0 Å². The van der Waals surface area contributed by atoms with E-state index in [1.807, 2.05) is 30.3 Å². The number of para-hydroxylation sites is 1. The Morgan fingerprint density at radius 3 is 2.84 bits per heavy atom. The molecule has 3 rings (SSSR count). The van der Waals surface area contributed by atoms with Crippen LogP contribution in [-0.2, 0) is 6.54 Å². The zero-order valence-corrected chi connectivity index (χ0v) is 11.2. The first-order valence-electron chi connectivity index (χ1n) is 6.25. The summed E-state index contributed by atoms with van der Waals surface area (Å²) < 4.78 is 5.75. The van der Waals surface area contributed by atoms with Gasteiger partial charge in [0, 0.05) is 17.8 Å². The highest BCUT2D eigenvalue weighted by molar-refractivity contribution is 6.33. The van der Waals surface area contributed by atoms with Crippen LogP contribution in [0.5, 0.6) is 5.75 Å². The van der Waals surface area contributed by atoms with Crippen molar-refractivity contribution in [1.29, 1.82) is 0 Å². The summed E-state index contributed by atoms with van der Waals surface area (Å²) in [6.07, 6.45) is 0. The van der Waals surface area contributed by atoms with Crippen LogP contribution in [0, 0.1) is 0 Å². The maximum atomic E-state index is 6.28. The number of fused-ring (bicyclic) bond motifs is 1. The molecule has 0 fully saturated rings. The Hall–Kier alpha value is -1.87. The summed E-state index contributed by atoms with van der Waals surface area (Å²) in [5.41, 5.74) is 8.59. The predicted octanol–water partition coefficient (Wildman–Crippen LogP) is 3.32. The van der Waals surface area contributed by atoms with E-state index in [1.165, 1.54) is 5.56 Å². The molecule has 19 heavy (non-hydrogen) atoms. The van der Waals surface area contributed by atoms with Gasteiger partial charge in [-0.3, -0.25) is 0 Å². The highest BCUT2D eigenvalue weighted by Gasteiger charge is 2.17. The Morgan fingerprint density at radius 2 is 2.00 bits per heavy atom. The SMILES string of the molecule is Nc1ccc(N2CCOc3ccccc3C2)c(Cl)c1. The third kappa shape index (κ3) is 2.47. The second-order valence-electron chi connectivity index (χ2n) is 4.59. The molecule has 1 heterocycles. The fourth-order valence-corrected chi connectivity index (χ4v) is 2.62. The fraction of sp³-hybridized carbons (Fsp3) is 0.200. The lowest BCUT2D eigenvalue weighted by Gasteiger charge is -2.23. The van der Waals surface area contributed by atoms with Gasteiger partial charge in [-0.05, 0) is 24.3 Å². The standard InChI is InChI=1S/C15H15ClN2O/c16-13-9-12(17)5-6-14(13)18-7-8-19-15-4-2-1-3-11(15)10-18/h1-6,9H,7-8,10,17H2. The molecule has 1 aliphatic heterocycles. The van der Waals surface area contributed by atoms with Gasteiger partial charge in [-0.1, -0.05) is 29.8 Å². The molecule has 0 saturated carbocycles. The van der Waals surface area contributed by atoms with Gasteiger partial charge in [0.15, 0.2) is 0 Å². The minimum absolute atomic E-state index is 0.651. The lowest BCUT2D eigenvalue weighted by atomic mass is 10.1. The molecule has 0 saturated heterocycles. The minimum atomic E-state index is 0.651. The molecule has 2 aromatic rings. The van der Waals surface area contributed by atoms with E-state index in [0.29, 0.717) is 17.3 Å². The molecule has 4 heteroatoms. The van der Waals surface area contributed by atoms with Gasteiger partial charge in [-0.2, -0.15) is 0 Å². The molecule has 3 nitrogen and oxygen atoms in total. The van der Waals surface area contributed by atoms with Gasteiger partial charge in [-0.15, -0.1) is 0 Å². The first-order chi connectivity index (χ1) is 9.24. The zero-order valence-electron chi connectivity index (χ0n) is 10.5. The number of rotatable bonds is 1. The van der Waals surface area contributed by atoms with Gasteiger partial charge < -0.3 is 15.4 Å². The number of nitrogens with two attached hydrogens (primary N) is 1. The number of halogens is 1. The number of ether oxygens (including phenoxy) is 1. The maximum absolute atomic E-state index is 6.28. The topological polar surface area (TPSA) is 38.5 Å². The van der Waals surface area contributed by atoms with E-state index in [2.05, 4.69) is 11.0 Å². The lowest BCUT2D eigenvalue weighted by molar-refractivity contribution is 0.331. The molecule has 2 N–H and O–H groups in total. The molecule has 0 bridgehead atoms. The Labute approximate surface area is 117 Å². The lowest BCUT2D eigenvalue weighted by Crippen LogP contribution is -2.25. The van der Waals surface area contributed by atoms with Crippen LogP contribution in [0.4, 0.5) is 11.4 Å². The molecule has 0 spiro atoms. The van der Waals surface area contributed by atoms with Crippen LogP contribution >= 0.6 is 11.6 Å². The Bertz CT molecular complexity index is 600. The van der Waals surface area contributed by atoms with E-state index >= 15 is 0 Å². The molecule has 1 aliphatic rings. The molecule has 0 amide bonds. The van der Waals surface area contributed by atoms with Gasteiger partial charge in [0.25, 0.3) is 0 Å². The van der Waals surface area contributed by atoms with Crippen LogP contribution in [0.2, 0.25) is 5.02 Å². The van der Waals surface area contributed by atoms with Crippen molar-refractivity contribution in [2.45, 2.75) is 6.54 Å². The third-order valence-electron chi connectivity index (χ3n) is 3.27. The number of hydrogen-bond donors (Lipinski definition) is 1. The van der Waals surface area contributed by atoms with Gasteiger partial charge in [0.2, 0.25) is 0 Å². The summed E-state index contributed by atoms with van der Waals surface area (Å²) in [6, 6.07) is 13.7. The molecular weight excluding hydrogens is 260 g/mol. The fourth-order valence-electron chi connectivity index (χ4n) is 2.31. The maximum Gasteiger partial charge on any atom is 0.124 e. The van der Waals surface area contributed by atoms with Gasteiger partial charge in [0.1, 0.15) is 12.4 Å². The molecule has 0 atom stereocenters. The quantitative estimate of drug-likeness (QED) is 0.811. The monoisotopic (exact) mass is 274 g/mol. The number of nitrogens with zero attached hydrogens (tertiary/aromatic N) is 1. The van der Waals surface area contributed by atoms with Crippen molar-refractivity contribution >= 4 is 23.0 Å². The smallest absolute Gasteiger partial charge is 0.124 e. The molecule has 0 unspecified atom stereocenters.